The van der Waals surface area contributed by atoms with E-state index in [1.807, 2.05) is 57.2 Å². The first-order chi connectivity index (χ1) is 14.8. The van der Waals surface area contributed by atoms with Crippen molar-refractivity contribution in [3.05, 3.63) is 65.2 Å². The van der Waals surface area contributed by atoms with Crippen LogP contribution in [0.4, 0.5) is 5.69 Å². The molecule has 0 bridgehead atoms. The molecule has 6 heteroatoms. The van der Waals surface area contributed by atoms with E-state index in [-0.39, 0.29) is 11.8 Å². The number of imide groups is 1. The third-order valence-corrected chi connectivity index (χ3v) is 6.58. The van der Waals surface area contributed by atoms with Crippen molar-refractivity contribution in [3.8, 4) is 0 Å². The van der Waals surface area contributed by atoms with E-state index in [1.54, 1.807) is 12.1 Å². The van der Waals surface area contributed by atoms with Crippen LogP contribution in [-0.4, -0.2) is 30.4 Å². The predicted molar refractivity (Wildman–Crippen MR) is 117 cm³/mol. The number of rotatable bonds is 5. The van der Waals surface area contributed by atoms with Gasteiger partial charge in [-0.05, 0) is 38.0 Å². The number of nitrogens with one attached hydrogen (secondary N) is 1. The smallest absolute Gasteiger partial charge is 0.326 e. The van der Waals surface area contributed by atoms with E-state index in [0.717, 1.165) is 16.7 Å². The number of methoxy groups -OCH3 is 1. The lowest BCUT2D eigenvalue weighted by Crippen LogP contribution is -2.56. The topological polar surface area (TPSA) is 75.7 Å². The first-order valence-corrected chi connectivity index (χ1v) is 10.7. The number of nitrogens with zero attached hydrogens (tertiary/aromatic N) is 1. The summed E-state index contributed by atoms with van der Waals surface area (Å²) in [5.41, 5.74) is 2.32. The number of carbonyl (C=O) groups is 3. The molecule has 6 nitrogen and oxygen atoms in total. The molecule has 2 aliphatic rings. The van der Waals surface area contributed by atoms with Gasteiger partial charge in [-0.25, -0.2) is 4.90 Å². The lowest BCUT2D eigenvalue weighted by atomic mass is 9.77. The molecule has 0 aliphatic carbocycles. The van der Waals surface area contributed by atoms with Crippen LogP contribution < -0.4 is 10.2 Å². The van der Waals surface area contributed by atoms with Gasteiger partial charge in [0, 0.05) is 6.04 Å². The second-order valence-corrected chi connectivity index (χ2v) is 8.60. The second kappa shape index (κ2) is 7.93. The Labute approximate surface area is 182 Å². The number of amides is 2. The van der Waals surface area contributed by atoms with Crippen LogP contribution in [0, 0.1) is 25.7 Å². The lowest BCUT2D eigenvalue weighted by Gasteiger charge is -2.32. The molecule has 2 aromatic carbocycles. The number of benzene rings is 2. The summed E-state index contributed by atoms with van der Waals surface area (Å²) in [5, 5.41) is 3.39. The Hall–Kier alpha value is -2.99. The van der Waals surface area contributed by atoms with Crippen molar-refractivity contribution in [2.45, 2.75) is 45.2 Å². The summed E-state index contributed by atoms with van der Waals surface area (Å²) in [7, 11) is 1.33. The molecule has 2 saturated heterocycles. The van der Waals surface area contributed by atoms with E-state index in [1.165, 1.54) is 12.0 Å². The first kappa shape index (κ1) is 21.2. The quantitative estimate of drug-likeness (QED) is 0.592. The molecule has 2 aromatic rings. The fourth-order valence-corrected chi connectivity index (χ4v) is 5.11. The van der Waals surface area contributed by atoms with Gasteiger partial charge in [-0.15, -0.1) is 0 Å². The minimum absolute atomic E-state index is 0.279. The van der Waals surface area contributed by atoms with Crippen LogP contribution in [0.2, 0.25) is 0 Å². The van der Waals surface area contributed by atoms with Crippen molar-refractivity contribution in [1.82, 2.24) is 5.32 Å². The molecule has 0 aromatic heterocycles. The van der Waals surface area contributed by atoms with Crippen LogP contribution in [0.15, 0.2) is 48.5 Å². The third-order valence-electron chi connectivity index (χ3n) is 6.58. The van der Waals surface area contributed by atoms with E-state index in [0.29, 0.717) is 18.5 Å². The van der Waals surface area contributed by atoms with E-state index in [9.17, 15) is 14.4 Å². The van der Waals surface area contributed by atoms with Crippen LogP contribution >= 0.6 is 0 Å². The average Bonchev–Trinajstić information content (AvgIpc) is 3.24. The van der Waals surface area contributed by atoms with E-state index in [4.69, 9.17) is 4.74 Å². The summed E-state index contributed by atoms with van der Waals surface area (Å²) in [6.45, 7) is 5.90. The van der Waals surface area contributed by atoms with Gasteiger partial charge in [0.1, 0.15) is 5.54 Å². The molecule has 2 heterocycles. The van der Waals surface area contributed by atoms with Crippen molar-refractivity contribution in [1.29, 1.82) is 0 Å². The summed E-state index contributed by atoms with van der Waals surface area (Å²) >= 11 is 0. The SMILES string of the molecule is CCC[C@]1(C(=O)OC)N[C@H](c2ccc(C)cc2)[C@H]2C(=O)N(c3ccc(C)cc3)C(=O)[C@@H]21. The fraction of sp³-hybridized carbons (Fsp3) is 0.400. The van der Waals surface area contributed by atoms with Crippen molar-refractivity contribution in [2.24, 2.45) is 11.8 Å². The normalized spacial score (nSPS) is 27.5. The molecule has 4 atom stereocenters. The molecule has 162 valence electrons. The summed E-state index contributed by atoms with van der Waals surface area (Å²) < 4.78 is 5.16. The molecule has 2 fully saturated rings. The molecule has 2 aliphatic heterocycles. The Morgan fingerprint density at radius 1 is 1.00 bits per heavy atom. The molecule has 1 N–H and O–H groups in total. The Balaban J connectivity index is 1.85. The number of aryl methyl sites for hydroxylation is 2. The highest BCUT2D eigenvalue weighted by Gasteiger charge is 2.68. The molecule has 0 saturated carbocycles. The highest BCUT2D eigenvalue weighted by Crippen LogP contribution is 2.51. The third kappa shape index (κ3) is 3.26. The Morgan fingerprint density at radius 3 is 2.13 bits per heavy atom. The minimum atomic E-state index is -1.24. The van der Waals surface area contributed by atoms with E-state index in [2.05, 4.69) is 5.32 Å². The zero-order valence-electron chi connectivity index (χ0n) is 18.3. The maximum atomic E-state index is 13.7. The number of esters is 1. The number of anilines is 1. The summed E-state index contributed by atoms with van der Waals surface area (Å²) in [6, 6.07) is 14.7. The monoisotopic (exact) mass is 420 g/mol. The second-order valence-electron chi connectivity index (χ2n) is 8.60. The van der Waals surface area contributed by atoms with Gasteiger partial charge < -0.3 is 4.74 Å². The highest BCUT2D eigenvalue weighted by atomic mass is 16.5. The fourth-order valence-electron chi connectivity index (χ4n) is 5.11. The predicted octanol–water partition coefficient (Wildman–Crippen LogP) is 3.47. The number of hydrogen-bond acceptors (Lipinski definition) is 5. The van der Waals surface area contributed by atoms with Gasteiger partial charge in [0.15, 0.2) is 0 Å². The highest BCUT2D eigenvalue weighted by molar-refractivity contribution is 6.24. The van der Waals surface area contributed by atoms with Crippen molar-refractivity contribution in [3.63, 3.8) is 0 Å². The van der Waals surface area contributed by atoms with Crippen LogP contribution in [0.3, 0.4) is 0 Å². The van der Waals surface area contributed by atoms with Gasteiger partial charge in [0.05, 0.1) is 24.6 Å². The summed E-state index contributed by atoms with van der Waals surface area (Å²) in [5.74, 6) is -2.62. The van der Waals surface area contributed by atoms with Crippen LogP contribution in [-0.2, 0) is 19.1 Å². The van der Waals surface area contributed by atoms with E-state index < -0.39 is 29.4 Å². The maximum Gasteiger partial charge on any atom is 0.326 e. The van der Waals surface area contributed by atoms with Gasteiger partial charge in [0.25, 0.3) is 0 Å². The number of carbonyl (C=O) groups excluding carboxylic acids is 3. The van der Waals surface area contributed by atoms with Crippen molar-refractivity contribution >= 4 is 23.5 Å². The Bertz CT molecular complexity index is 1010. The molecule has 0 spiro atoms. The van der Waals surface area contributed by atoms with Crippen molar-refractivity contribution < 1.29 is 19.1 Å². The molecule has 0 radical (unpaired) electrons. The number of ether oxygens (including phenoxy) is 1. The molecule has 2 amide bonds. The molecular weight excluding hydrogens is 392 g/mol. The zero-order chi connectivity index (χ0) is 22.3. The van der Waals surface area contributed by atoms with Crippen LogP contribution in [0.5, 0.6) is 0 Å². The largest absolute Gasteiger partial charge is 0.468 e. The minimum Gasteiger partial charge on any atom is -0.468 e. The first-order valence-electron chi connectivity index (χ1n) is 10.7. The van der Waals surface area contributed by atoms with Gasteiger partial charge in [-0.1, -0.05) is 60.9 Å². The average molecular weight is 421 g/mol. The van der Waals surface area contributed by atoms with Gasteiger partial charge >= 0.3 is 5.97 Å². The van der Waals surface area contributed by atoms with Gasteiger partial charge in [-0.2, -0.15) is 0 Å². The molecule has 4 rings (SSSR count). The molecular formula is C25H28N2O4. The number of hydrogen-bond donors (Lipinski definition) is 1. The zero-order valence-corrected chi connectivity index (χ0v) is 18.3. The van der Waals surface area contributed by atoms with Crippen LogP contribution in [0.1, 0.15) is 42.5 Å². The lowest BCUT2D eigenvalue weighted by molar-refractivity contribution is -0.152. The number of fused-ring (bicyclic) bond motifs is 1. The summed E-state index contributed by atoms with van der Waals surface area (Å²) in [4.78, 5) is 41.7. The Kier molecular flexibility index (Phi) is 5.43. The maximum absolute atomic E-state index is 13.7. The molecule has 31 heavy (non-hydrogen) atoms. The van der Waals surface area contributed by atoms with Gasteiger partial charge in [0.2, 0.25) is 11.8 Å². The Morgan fingerprint density at radius 2 is 1.58 bits per heavy atom. The van der Waals surface area contributed by atoms with Crippen molar-refractivity contribution in [2.75, 3.05) is 12.0 Å². The van der Waals surface area contributed by atoms with Crippen LogP contribution in [0.25, 0.3) is 0 Å². The molecule has 0 unspecified atom stereocenters. The summed E-state index contributed by atoms with van der Waals surface area (Å²) in [6.07, 6.45) is 1.07. The van der Waals surface area contributed by atoms with E-state index >= 15 is 0 Å². The standard InChI is InChI=1S/C25H28N2O4/c1-5-14-25(24(30)31-4)20-19(21(26-25)17-10-6-15(2)7-11-17)22(28)27(23(20)29)18-12-8-16(3)9-13-18/h6-13,19-21,26H,5,14H2,1-4H3/t19-,20+,21+,25-/m0/s1. The van der Waals surface area contributed by atoms with Gasteiger partial charge in [-0.3, -0.25) is 19.7 Å².